The second kappa shape index (κ2) is 4.12. The molecule has 2 unspecified atom stereocenters. The number of alkyl halides is 3. The molecule has 0 spiro atoms. The molecule has 0 aromatic rings. The molecule has 20 heavy (non-hydrogen) atoms. The monoisotopic (exact) mass is 291 g/mol. The molecule has 4 bridgehead atoms. The van der Waals surface area contributed by atoms with Gasteiger partial charge in [0.1, 0.15) is 0 Å². The first-order chi connectivity index (χ1) is 9.12. The number of hydrogen-bond donors (Lipinski definition) is 2. The summed E-state index contributed by atoms with van der Waals surface area (Å²) in [5.74, 6) is -1.08. The van der Waals surface area contributed by atoms with Gasteiger partial charge in [-0.3, -0.25) is 4.79 Å². The van der Waals surface area contributed by atoms with E-state index in [1.807, 2.05) is 0 Å². The highest BCUT2D eigenvalue weighted by Crippen LogP contribution is 2.62. The lowest BCUT2D eigenvalue weighted by atomic mass is 9.46. The third kappa shape index (κ3) is 2.22. The molecule has 3 nitrogen and oxygen atoms in total. The molecule has 4 saturated carbocycles. The first-order valence-corrected chi connectivity index (χ1v) is 7.22. The highest BCUT2D eigenvalue weighted by Gasteiger charge is 2.59. The van der Waals surface area contributed by atoms with Gasteiger partial charge < -0.3 is 10.4 Å². The standard InChI is InChI=1S/C14H20F3NO2/c1-8(18-11(19)14(15,16)17)12-3-9-2-10(4-12)6-13(20,5-9)7-12/h8-10,20H,2-7H2,1H3,(H,18,19)/t8-,9?,10?,12?,13?/m1/s1. The Labute approximate surface area is 115 Å². The molecular weight excluding hydrogens is 271 g/mol. The van der Waals surface area contributed by atoms with Gasteiger partial charge in [-0.2, -0.15) is 13.2 Å². The van der Waals surface area contributed by atoms with Crippen LogP contribution in [0.2, 0.25) is 0 Å². The average molecular weight is 291 g/mol. The van der Waals surface area contributed by atoms with Crippen molar-refractivity contribution < 1.29 is 23.1 Å². The zero-order valence-electron chi connectivity index (χ0n) is 11.5. The summed E-state index contributed by atoms with van der Waals surface area (Å²) >= 11 is 0. The van der Waals surface area contributed by atoms with Crippen molar-refractivity contribution in [2.75, 3.05) is 0 Å². The Bertz CT molecular complexity index is 421. The van der Waals surface area contributed by atoms with Crippen LogP contribution in [0.25, 0.3) is 0 Å². The van der Waals surface area contributed by atoms with Gasteiger partial charge in [0.25, 0.3) is 0 Å². The van der Waals surface area contributed by atoms with Crippen molar-refractivity contribution in [1.82, 2.24) is 5.32 Å². The summed E-state index contributed by atoms with van der Waals surface area (Å²) in [5, 5.41) is 12.7. The number of aliphatic hydroxyl groups is 1. The van der Waals surface area contributed by atoms with Crippen LogP contribution in [-0.2, 0) is 4.79 Å². The third-order valence-electron chi connectivity index (χ3n) is 5.60. The molecule has 0 heterocycles. The van der Waals surface area contributed by atoms with E-state index in [4.69, 9.17) is 0 Å². The third-order valence-corrected chi connectivity index (χ3v) is 5.60. The lowest BCUT2D eigenvalue weighted by molar-refractivity contribution is -0.186. The first kappa shape index (κ1) is 14.2. The van der Waals surface area contributed by atoms with Gasteiger partial charge in [-0.25, -0.2) is 0 Å². The fraction of sp³-hybridized carbons (Fsp3) is 0.929. The van der Waals surface area contributed by atoms with E-state index in [0.717, 1.165) is 32.1 Å². The summed E-state index contributed by atoms with van der Waals surface area (Å²) in [6.07, 6.45) is -0.0592. The van der Waals surface area contributed by atoms with Crippen LogP contribution < -0.4 is 5.32 Å². The van der Waals surface area contributed by atoms with Gasteiger partial charge in [0, 0.05) is 6.04 Å². The van der Waals surface area contributed by atoms with Crippen LogP contribution in [0.5, 0.6) is 0 Å². The van der Waals surface area contributed by atoms with E-state index in [-0.39, 0.29) is 5.41 Å². The fourth-order valence-corrected chi connectivity index (χ4v) is 5.22. The zero-order chi connectivity index (χ0) is 14.8. The Morgan fingerprint density at radius 1 is 1.25 bits per heavy atom. The van der Waals surface area contributed by atoms with Crippen LogP contribution in [0.15, 0.2) is 0 Å². The van der Waals surface area contributed by atoms with E-state index in [0.29, 0.717) is 18.3 Å². The maximum absolute atomic E-state index is 12.4. The van der Waals surface area contributed by atoms with Crippen molar-refractivity contribution in [2.45, 2.75) is 63.3 Å². The molecule has 1 amide bonds. The zero-order valence-corrected chi connectivity index (χ0v) is 11.5. The summed E-state index contributed by atoms with van der Waals surface area (Å²) in [7, 11) is 0. The molecule has 0 saturated heterocycles. The Hall–Kier alpha value is -0.780. The van der Waals surface area contributed by atoms with Gasteiger partial charge >= 0.3 is 12.1 Å². The first-order valence-electron chi connectivity index (χ1n) is 7.22. The second-order valence-corrected chi connectivity index (χ2v) is 7.24. The number of carbonyl (C=O) groups excluding carboxylic acids is 1. The molecule has 6 heteroatoms. The maximum atomic E-state index is 12.4. The maximum Gasteiger partial charge on any atom is 0.471 e. The van der Waals surface area contributed by atoms with Crippen molar-refractivity contribution in [3.05, 3.63) is 0 Å². The molecule has 4 aliphatic carbocycles. The van der Waals surface area contributed by atoms with Gasteiger partial charge in [0.05, 0.1) is 5.60 Å². The van der Waals surface area contributed by atoms with Crippen molar-refractivity contribution in [3.63, 3.8) is 0 Å². The minimum absolute atomic E-state index is 0.361. The Morgan fingerprint density at radius 2 is 1.80 bits per heavy atom. The van der Waals surface area contributed by atoms with E-state index in [1.165, 1.54) is 0 Å². The van der Waals surface area contributed by atoms with Crippen LogP contribution >= 0.6 is 0 Å². The topological polar surface area (TPSA) is 49.3 Å². The number of rotatable bonds is 2. The highest BCUT2D eigenvalue weighted by atomic mass is 19.4. The summed E-state index contributed by atoms with van der Waals surface area (Å²) < 4.78 is 37.2. The van der Waals surface area contributed by atoms with Crippen LogP contribution in [0.3, 0.4) is 0 Å². The summed E-state index contributed by atoms with van der Waals surface area (Å²) in [5.41, 5.74) is -1.08. The number of hydrogen-bond acceptors (Lipinski definition) is 2. The molecule has 3 atom stereocenters. The van der Waals surface area contributed by atoms with E-state index >= 15 is 0 Å². The smallest absolute Gasteiger partial charge is 0.390 e. The van der Waals surface area contributed by atoms with E-state index < -0.39 is 23.7 Å². The van der Waals surface area contributed by atoms with Crippen molar-refractivity contribution in [3.8, 4) is 0 Å². The SMILES string of the molecule is C[C@@H](NC(=O)C(F)(F)F)C12CC3CC(CC(O)(C3)C1)C2. The van der Waals surface area contributed by atoms with Crippen molar-refractivity contribution in [2.24, 2.45) is 17.3 Å². The molecule has 114 valence electrons. The lowest BCUT2D eigenvalue weighted by Crippen LogP contribution is -2.62. The number of nitrogens with one attached hydrogen (secondary N) is 1. The largest absolute Gasteiger partial charge is 0.471 e. The Morgan fingerprint density at radius 3 is 2.25 bits per heavy atom. The summed E-state index contributed by atoms with van der Waals surface area (Å²) in [4.78, 5) is 11.1. The number of carbonyl (C=O) groups is 1. The molecule has 4 rings (SSSR count). The Kier molecular flexibility index (Phi) is 2.92. The van der Waals surface area contributed by atoms with Gasteiger partial charge in [-0.15, -0.1) is 0 Å². The number of amides is 1. The van der Waals surface area contributed by atoms with E-state index in [2.05, 4.69) is 5.32 Å². The van der Waals surface area contributed by atoms with Crippen LogP contribution in [0.1, 0.15) is 45.4 Å². The molecule has 0 radical (unpaired) electrons. The molecule has 4 aliphatic rings. The normalized spacial score (nSPS) is 44.5. The van der Waals surface area contributed by atoms with Crippen LogP contribution in [0.4, 0.5) is 13.2 Å². The minimum Gasteiger partial charge on any atom is -0.390 e. The lowest BCUT2D eigenvalue weighted by Gasteiger charge is -2.62. The predicted octanol–water partition coefficient (Wildman–Crippen LogP) is 2.38. The molecular formula is C14H20F3NO2. The quantitative estimate of drug-likeness (QED) is 0.820. The van der Waals surface area contributed by atoms with Gasteiger partial charge in [-0.05, 0) is 62.7 Å². The van der Waals surface area contributed by atoms with Gasteiger partial charge in [0.2, 0.25) is 0 Å². The molecule has 0 aliphatic heterocycles. The molecule has 2 N–H and O–H groups in total. The summed E-state index contributed by atoms with van der Waals surface area (Å²) in [6, 6.07) is -0.547. The van der Waals surface area contributed by atoms with Crippen molar-refractivity contribution >= 4 is 5.91 Å². The van der Waals surface area contributed by atoms with Crippen LogP contribution in [0, 0.1) is 17.3 Å². The number of halogens is 3. The molecule has 0 aromatic carbocycles. The molecule has 0 aromatic heterocycles. The van der Waals surface area contributed by atoms with Gasteiger partial charge in [-0.1, -0.05) is 0 Å². The fourth-order valence-electron chi connectivity index (χ4n) is 5.22. The van der Waals surface area contributed by atoms with Crippen molar-refractivity contribution in [1.29, 1.82) is 0 Å². The van der Waals surface area contributed by atoms with Crippen LogP contribution in [-0.4, -0.2) is 28.8 Å². The highest BCUT2D eigenvalue weighted by molar-refractivity contribution is 5.82. The van der Waals surface area contributed by atoms with E-state index in [1.54, 1.807) is 6.92 Å². The second-order valence-electron chi connectivity index (χ2n) is 7.24. The predicted molar refractivity (Wildman–Crippen MR) is 65.7 cm³/mol. The van der Waals surface area contributed by atoms with E-state index in [9.17, 15) is 23.1 Å². The Balaban J connectivity index is 1.77. The molecule has 4 fully saturated rings. The average Bonchev–Trinajstić information content (AvgIpc) is 2.23. The summed E-state index contributed by atoms with van der Waals surface area (Å²) in [6.45, 7) is 1.65. The minimum atomic E-state index is -4.84. The van der Waals surface area contributed by atoms with Gasteiger partial charge in [0.15, 0.2) is 0 Å².